The van der Waals surface area contributed by atoms with E-state index in [4.69, 9.17) is 5.73 Å². The van der Waals surface area contributed by atoms with Crippen molar-refractivity contribution in [3.05, 3.63) is 21.9 Å². The van der Waals surface area contributed by atoms with Gasteiger partial charge < -0.3 is 5.73 Å². The second-order valence-electron chi connectivity index (χ2n) is 5.57. The van der Waals surface area contributed by atoms with E-state index in [1.165, 1.54) is 17.7 Å². The van der Waals surface area contributed by atoms with E-state index in [-0.39, 0.29) is 0 Å². The van der Waals surface area contributed by atoms with Gasteiger partial charge in [-0.2, -0.15) is 0 Å². The molecule has 3 heteroatoms. The minimum absolute atomic E-state index is 0.431. The van der Waals surface area contributed by atoms with Gasteiger partial charge in [-0.3, -0.25) is 4.90 Å². The van der Waals surface area contributed by atoms with Gasteiger partial charge in [-0.15, -0.1) is 11.3 Å². The van der Waals surface area contributed by atoms with Crippen LogP contribution in [-0.2, 0) is 6.54 Å². The predicted molar refractivity (Wildman–Crippen MR) is 89.9 cm³/mol. The van der Waals surface area contributed by atoms with Crippen molar-refractivity contribution in [1.29, 1.82) is 0 Å². The smallest absolute Gasteiger partial charge is 0.0772 e. The zero-order valence-corrected chi connectivity index (χ0v) is 14.1. The van der Waals surface area contributed by atoms with Crippen LogP contribution in [0.15, 0.2) is 12.1 Å². The van der Waals surface area contributed by atoms with E-state index in [9.17, 15) is 0 Å². The molecule has 0 amide bonds. The minimum atomic E-state index is 0.431. The first kappa shape index (κ1) is 17.2. The van der Waals surface area contributed by atoms with Gasteiger partial charge in [0, 0.05) is 24.0 Å². The fourth-order valence-electron chi connectivity index (χ4n) is 2.49. The van der Waals surface area contributed by atoms with Crippen LogP contribution in [0.3, 0.4) is 0 Å². The maximum absolute atomic E-state index is 5.42. The van der Waals surface area contributed by atoms with Crippen molar-refractivity contribution >= 4 is 11.3 Å². The molecule has 1 heterocycles. The molecule has 1 aromatic rings. The van der Waals surface area contributed by atoms with Crippen LogP contribution in [0.25, 0.3) is 0 Å². The lowest BCUT2D eigenvalue weighted by molar-refractivity contribution is 0.159. The number of thiophene rings is 1. The Labute approximate surface area is 128 Å². The van der Waals surface area contributed by atoms with Crippen molar-refractivity contribution in [3.8, 4) is 11.8 Å². The van der Waals surface area contributed by atoms with E-state index in [1.54, 1.807) is 11.3 Å². The molecule has 0 aliphatic heterocycles. The van der Waals surface area contributed by atoms with Gasteiger partial charge >= 0.3 is 0 Å². The lowest BCUT2D eigenvalue weighted by atomic mass is 10.1. The summed E-state index contributed by atoms with van der Waals surface area (Å²) in [7, 11) is 0. The van der Waals surface area contributed by atoms with Gasteiger partial charge in [-0.1, -0.05) is 39.5 Å². The van der Waals surface area contributed by atoms with Crippen molar-refractivity contribution in [3.63, 3.8) is 0 Å². The lowest BCUT2D eigenvalue weighted by Gasteiger charge is -2.31. The Bertz CT molecular complexity index is 435. The first-order valence-electron chi connectivity index (χ1n) is 7.62. The minimum Gasteiger partial charge on any atom is -0.320 e. The maximum Gasteiger partial charge on any atom is 0.0772 e. The molecule has 0 bridgehead atoms. The summed E-state index contributed by atoms with van der Waals surface area (Å²) in [5.74, 6) is 6.75. The molecule has 0 saturated heterocycles. The Hall–Kier alpha value is -0.820. The van der Waals surface area contributed by atoms with Crippen LogP contribution in [0.5, 0.6) is 0 Å². The number of hydrogen-bond acceptors (Lipinski definition) is 3. The summed E-state index contributed by atoms with van der Waals surface area (Å²) in [5, 5.41) is 0. The van der Waals surface area contributed by atoms with Crippen molar-refractivity contribution < 1.29 is 0 Å². The molecule has 0 saturated carbocycles. The Morgan fingerprint density at radius 1 is 1.25 bits per heavy atom. The first-order chi connectivity index (χ1) is 9.60. The summed E-state index contributed by atoms with van der Waals surface area (Å²) in [4.78, 5) is 5.15. The fourth-order valence-corrected chi connectivity index (χ4v) is 3.39. The third-order valence-electron chi connectivity index (χ3n) is 3.39. The average Bonchev–Trinajstić information content (AvgIpc) is 2.84. The van der Waals surface area contributed by atoms with E-state index in [1.807, 2.05) is 0 Å². The molecule has 0 aliphatic rings. The molecular weight excluding hydrogens is 264 g/mol. The number of nitrogens with zero attached hydrogens (tertiary/aromatic N) is 1. The second kappa shape index (κ2) is 9.18. The first-order valence-corrected chi connectivity index (χ1v) is 8.44. The largest absolute Gasteiger partial charge is 0.320 e. The standard InChI is InChI=1S/C17H28N2S/c1-5-15(6-2)19(12-14(3)4)13-17-10-9-16(20-17)8-7-11-18/h9-10,14-15H,5-6,11-13,18H2,1-4H3. The topological polar surface area (TPSA) is 29.3 Å². The van der Waals surface area contributed by atoms with E-state index in [0.29, 0.717) is 18.5 Å². The molecule has 1 rings (SSSR count). The van der Waals surface area contributed by atoms with Gasteiger partial charge in [0.25, 0.3) is 0 Å². The molecule has 2 N–H and O–H groups in total. The van der Waals surface area contributed by atoms with Gasteiger partial charge in [0.2, 0.25) is 0 Å². The average molecular weight is 292 g/mol. The predicted octanol–water partition coefficient (Wildman–Crippen LogP) is 3.70. The van der Waals surface area contributed by atoms with E-state index in [0.717, 1.165) is 18.0 Å². The summed E-state index contributed by atoms with van der Waals surface area (Å²) in [5.41, 5.74) is 5.42. The van der Waals surface area contributed by atoms with Gasteiger partial charge in [0.1, 0.15) is 0 Å². The van der Waals surface area contributed by atoms with Gasteiger partial charge in [-0.05, 0) is 30.9 Å². The van der Waals surface area contributed by atoms with Crippen LogP contribution >= 0.6 is 11.3 Å². The van der Waals surface area contributed by atoms with E-state index in [2.05, 4.69) is 56.6 Å². The van der Waals surface area contributed by atoms with E-state index >= 15 is 0 Å². The Morgan fingerprint density at radius 3 is 2.50 bits per heavy atom. The third kappa shape index (κ3) is 5.66. The van der Waals surface area contributed by atoms with Crippen molar-refractivity contribution in [1.82, 2.24) is 4.90 Å². The molecule has 0 atom stereocenters. The highest BCUT2D eigenvalue weighted by atomic mass is 32.1. The SMILES string of the molecule is CCC(CC)N(Cc1ccc(C#CCN)s1)CC(C)C. The van der Waals surface area contributed by atoms with Gasteiger partial charge in [0.05, 0.1) is 11.4 Å². The monoisotopic (exact) mass is 292 g/mol. The Balaban J connectivity index is 2.75. The molecule has 0 unspecified atom stereocenters. The Morgan fingerprint density at radius 2 is 1.95 bits per heavy atom. The zero-order valence-electron chi connectivity index (χ0n) is 13.3. The third-order valence-corrected chi connectivity index (χ3v) is 4.38. The van der Waals surface area contributed by atoms with E-state index < -0.39 is 0 Å². The molecule has 0 aliphatic carbocycles. The highest BCUT2D eigenvalue weighted by Crippen LogP contribution is 2.21. The van der Waals surface area contributed by atoms with Crippen LogP contribution in [0.1, 0.15) is 50.3 Å². The summed E-state index contributed by atoms with van der Waals surface area (Å²) in [6, 6.07) is 5.00. The fraction of sp³-hybridized carbons (Fsp3) is 0.647. The molecule has 2 nitrogen and oxygen atoms in total. The van der Waals surface area contributed by atoms with Crippen LogP contribution in [0, 0.1) is 17.8 Å². The van der Waals surface area contributed by atoms with Crippen LogP contribution in [-0.4, -0.2) is 24.0 Å². The maximum atomic E-state index is 5.42. The van der Waals surface area contributed by atoms with Crippen molar-refractivity contribution in [2.24, 2.45) is 11.7 Å². The van der Waals surface area contributed by atoms with Crippen molar-refractivity contribution in [2.45, 2.75) is 53.1 Å². The summed E-state index contributed by atoms with van der Waals surface area (Å²) in [6.07, 6.45) is 2.43. The highest BCUT2D eigenvalue weighted by Gasteiger charge is 2.17. The molecule has 0 aromatic carbocycles. The molecule has 20 heavy (non-hydrogen) atoms. The molecule has 0 fully saturated rings. The second-order valence-corrected chi connectivity index (χ2v) is 6.73. The quantitative estimate of drug-likeness (QED) is 0.776. The van der Waals surface area contributed by atoms with Crippen LogP contribution in [0.2, 0.25) is 0 Å². The summed E-state index contributed by atoms with van der Waals surface area (Å²) in [6.45, 7) is 11.8. The summed E-state index contributed by atoms with van der Waals surface area (Å²) >= 11 is 1.80. The molecule has 1 aromatic heterocycles. The molecular formula is C17H28N2S. The van der Waals surface area contributed by atoms with Crippen LogP contribution < -0.4 is 5.73 Å². The van der Waals surface area contributed by atoms with Crippen molar-refractivity contribution in [2.75, 3.05) is 13.1 Å². The summed E-state index contributed by atoms with van der Waals surface area (Å²) < 4.78 is 0. The molecule has 112 valence electrons. The van der Waals surface area contributed by atoms with Crippen LogP contribution in [0.4, 0.5) is 0 Å². The number of rotatable bonds is 7. The highest BCUT2D eigenvalue weighted by molar-refractivity contribution is 7.12. The number of nitrogens with two attached hydrogens (primary N) is 1. The lowest BCUT2D eigenvalue weighted by Crippen LogP contribution is -2.36. The number of hydrogen-bond donors (Lipinski definition) is 1. The zero-order chi connectivity index (χ0) is 15.0. The molecule has 0 spiro atoms. The molecule has 0 radical (unpaired) electrons. The van der Waals surface area contributed by atoms with Gasteiger partial charge in [-0.25, -0.2) is 0 Å². The van der Waals surface area contributed by atoms with Gasteiger partial charge in [0.15, 0.2) is 0 Å². The Kier molecular flexibility index (Phi) is 7.91. The normalized spacial score (nSPS) is 11.2.